The molecule has 0 bridgehead atoms. The number of benzene rings is 3. The van der Waals surface area contributed by atoms with Crippen LogP contribution in [-0.4, -0.2) is 50.5 Å². The number of sulfonamides is 1. The minimum atomic E-state index is -4.21. The number of nitrogens with one attached hydrogen (secondary N) is 4. The van der Waals surface area contributed by atoms with Gasteiger partial charge in [-0.3, -0.25) is 19.2 Å². The average molecular weight is 620 g/mol. The van der Waals surface area contributed by atoms with E-state index in [1.165, 1.54) is 61.5 Å². The smallest absolute Gasteiger partial charge is 0.309 e. The van der Waals surface area contributed by atoms with Gasteiger partial charge in [-0.25, -0.2) is 8.42 Å². The Morgan fingerprint density at radius 1 is 1.07 bits per heavy atom. The van der Waals surface area contributed by atoms with Crippen LogP contribution >= 0.6 is 0 Å². The number of carbonyl (C=O) groups is 4. The fourth-order valence-electron chi connectivity index (χ4n) is 4.12. The van der Waals surface area contributed by atoms with E-state index in [9.17, 15) is 27.6 Å². The van der Waals surface area contributed by atoms with Gasteiger partial charge in [0.2, 0.25) is 10.0 Å². The van der Waals surface area contributed by atoms with Gasteiger partial charge in [0.1, 0.15) is 11.9 Å². The van der Waals surface area contributed by atoms with Gasteiger partial charge in [0.15, 0.2) is 0 Å². The normalized spacial score (nSPS) is 16.3. The maximum Gasteiger partial charge on any atom is 0.309 e. The summed E-state index contributed by atoms with van der Waals surface area (Å²) in [6, 6.07) is 18.3. The van der Waals surface area contributed by atoms with Gasteiger partial charge >= 0.3 is 5.97 Å². The highest BCUT2D eigenvalue weighted by Crippen LogP contribution is 2.36. The molecule has 3 aromatic carbocycles. The number of fused-ring (bicyclic) bond motifs is 1. The molecule has 228 valence electrons. The minimum absolute atomic E-state index is 0.0221. The number of nitriles is 1. The molecule has 14 heteroatoms. The second-order valence-corrected chi connectivity index (χ2v) is 11.6. The first-order valence-electron chi connectivity index (χ1n) is 13.4. The molecule has 1 aliphatic rings. The van der Waals surface area contributed by atoms with Crippen molar-refractivity contribution < 1.29 is 37.1 Å². The predicted octanol–water partition coefficient (Wildman–Crippen LogP) is 2.58. The van der Waals surface area contributed by atoms with E-state index in [0.29, 0.717) is 11.1 Å². The van der Waals surface area contributed by atoms with E-state index in [1.807, 2.05) is 6.07 Å². The Labute approximate surface area is 253 Å². The molecule has 0 fully saturated rings. The zero-order chi connectivity index (χ0) is 32.1. The lowest BCUT2D eigenvalue weighted by atomic mass is 10.0. The van der Waals surface area contributed by atoms with Crippen molar-refractivity contribution in [2.24, 2.45) is 0 Å². The van der Waals surface area contributed by atoms with Crippen molar-refractivity contribution >= 4 is 45.1 Å². The van der Waals surface area contributed by atoms with Crippen molar-refractivity contribution in [1.82, 2.24) is 10.0 Å². The van der Waals surface area contributed by atoms with Crippen LogP contribution in [-0.2, 0) is 29.1 Å². The first kappa shape index (κ1) is 31.7. The molecule has 4 N–H and O–H groups in total. The summed E-state index contributed by atoms with van der Waals surface area (Å²) in [7, 11) is -4.21. The molecule has 0 radical (unpaired) electrons. The van der Waals surface area contributed by atoms with Gasteiger partial charge in [-0.15, -0.1) is 0 Å². The van der Waals surface area contributed by atoms with Crippen molar-refractivity contribution in [2.75, 3.05) is 17.2 Å². The first-order valence-corrected chi connectivity index (χ1v) is 14.8. The Morgan fingerprint density at radius 2 is 1.75 bits per heavy atom. The number of carbonyl (C=O) groups excluding carboxylic acids is 4. The molecular formula is C30H29N5O8S. The zero-order valence-corrected chi connectivity index (χ0v) is 24.8. The minimum Gasteiger partial charge on any atom is -0.466 e. The van der Waals surface area contributed by atoms with Gasteiger partial charge in [-0.2, -0.15) is 9.98 Å². The van der Waals surface area contributed by atoms with Crippen LogP contribution in [0.1, 0.15) is 41.8 Å². The maximum atomic E-state index is 13.5. The van der Waals surface area contributed by atoms with Crippen molar-refractivity contribution in [3.05, 3.63) is 83.4 Å². The van der Waals surface area contributed by atoms with Crippen LogP contribution < -0.4 is 25.4 Å². The molecule has 0 aliphatic carbocycles. The van der Waals surface area contributed by atoms with Gasteiger partial charge < -0.3 is 25.4 Å². The predicted molar refractivity (Wildman–Crippen MR) is 158 cm³/mol. The Morgan fingerprint density at radius 3 is 2.39 bits per heavy atom. The summed E-state index contributed by atoms with van der Waals surface area (Å²) in [6.45, 7) is 4.56. The molecule has 1 heterocycles. The lowest BCUT2D eigenvalue weighted by molar-refractivity contribution is -0.147. The van der Waals surface area contributed by atoms with Crippen molar-refractivity contribution in [3.8, 4) is 11.8 Å². The lowest BCUT2D eigenvalue weighted by Gasteiger charge is -2.34. The molecule has 0 spiro atoms. The molecule has 2 atom stereocenters. The molecule has 13 nitrogen and oxygen atoms in total. The fraction of sp³-hybridized carbons (Fsp3) is 0.233. The number of anilines is 2. The Balaban J connectivity index is 1.54. The van der Waals surface area contributed by atoms with Gasteiger partial charge in [0, 0.05) is 17.3 Å². The maximum absolute atomic E-state index is 13.5. The topological polar surface area (TPSA) is 193 Å². The monoisotopic (exact) mass is 619 g/mol. The Bertz CT molecular complexity index is 1750. The summed E-state index contributed by atoms with van der Waals surface area (Å²) in [5.41, 5.74) is -0.190. The van der Waals surface area contributed by atoms with Gasteiger partial charge in [-0.05, 0) is 69.3 Å². The number of esters is 1. The molecule has 4 rings (SSSR count). The molecule has 44 heavy (non-hydrogen) atoms. The molecule has 2 unspecified atom stereocenters. The van der Waals surface area contributed by atoms with Crippen LogP contribution in [0.2, 0.25) is 0 Å². The van der Waals surface area contributed by atoms with Crippen molar-refractivity contribution in [2.45, 2.75) is 43.9 Å². The Kier molecular flexibility index (Phi) is 9.32. The van der Waals surface area contributed by atoms with Gasteiger partial charge in [0.25, 0.3) is 23.3 Å². The van der Waals surface area contributed by atoms with Crippen LogP contribution in [0.25, 0.3) is 0 Å². The van der Waals surface area contributed by atoms with Crippen LogP contribution in [0.3, 0.4) is 0 Å². The number of rotatable bonds is 10. The number of amides is 3. The van der Waals surface area contributed by atoms with E-state index in [-0.39, 0.29) is 28.6 Å². The van der Waals surface area contributed by atoms with E-state index in [1.54, 1.807) is 26.0 Å². The average Bonchev–Trinajstić information content (AvgIpc) is 2.98. The lowest BCUT2D eigenvalue weighted by Crippen LogP contribution is -2.62. The van der Waals surface area contributed by atoms with E-state index < -0.39 is 51.9 Å². The summed E-state index contributed by atoms with van der Waals surface area (Å²) in [4.78, 5) is 51.4. The molecule has 3 aromatic rings. The first-order chi connectivity index (χ1) is 20.8. The van der Waals surface area contributed by atoms with Crippen LogP contribution in [0.5, 0.6) is 5.75 Å². The fourth-order valence-corrected chi connectivity index (χ4v) is 5.27. The van der Waals surface area contributed by atoms with E-state index in [2.05, 4.69) is 20.7 Å². The summed E-state index contributed by atoms with van der Waals surface area (Å²) in [5.74, 6) is -3.13. The van der Waals surface area contributed by atoms with Crippen LogP contribution in [0.15, 0.2) is 71.6 Å². The number of ether oxygens (including phenoxy) is 2. The van der Waals surface area contributed by atoms with Crippen LogP contribution in [0, 0.1) is 18.3 Å². The molecule has 0 aromatic heterocycles. The second-order valence-electron chi connectivity index (χ2n) is 9.91. The highest BCUT2D eigenvalue weighted by Gasteiger charge is 2.48. The molecule has 0 saturated heterocycles. The van der Waals surface area contributed by atoms with Crippen molar-refractivity contribution in [3.63, 3.8) is 0 Å². The number of nitrogens with zero attached hydrogens (tertiary/aromatic N) is 1. The Hall–Kier alpha value is -5.26. The molecular weight excluding hydrogens is 590 g/mol. The standard InChI is InChI=1S/C30H29N5O8S/c1-4-42-26(36)16-25(35-44(40,41)22-12-5-18(2)6-13-22)34-29(39)30(3)28(38)33-23-14-11-21(15-24(23)43-30)32-27(37)20-9-7-19(17-31)8-10-20/h5-15,25,35H,4,16H2,1-3H3,(H,32,37)(H,33,38)(H,34,39). The van der Waals surface area contributed by atoms with E-state index >= 15 is 0 Å². The number of hydrogen-bond acceptors (Lipinski definition) is 9. The highest BCUT2D eigenvalue weighted by molar-refractivity contribution is 7.89. The molecule has 3 amide bonds. The quantitative estimate of drug-likeness (QED) is 0.150. The van der Waals surface area contributed by atoms with Gasteiger partial charge in [-0.1, -0.05) is 17.7 Å². The molecule has 1 aliphatic heterocycles. The highest BCUT2D eigenvalue weighted by atomic mass is 32.2. The van der Waals surface area contributed by atoms with E-state index in [0.717, 1.165) is 5.56 Å². The summed E-state index contributed by atoms with van der Waals surface area (Å²) in [6.07, 6.45) is -2.08. The van der Waals surface area contributed by atoms with E-state index in [4.69, 9.17) is 14.7 Å². The van der Waals surface area contributed by atoms with Crippen LogP contribution in [0.4, 0.5) is 11.4 Å². The number of hydrogen-bond donors (Lipinski definition) is 4. The largest absolute Gasteiger partial charge is 0.466 e. The summed E-state index contributed by atoms with van der Waals surface area (Å²) >= 11 is 0. The van der Waals surface area contributed by atoms with Gasteiger partial charge in [0.05, 0.1) is 35.2 Å². The summed E-state index contributed by atoms with van der Waals surface area (Å²) < 4.78 is 39.1. The third-order valence-electron chi connectivity index (χ3n) is 6.55. The molecule has 0 saturated carbocycles. The SMILES string of the molecule is CCOC(=O)CC(NC(=O)C1(C)Oc2cc(NC(=O)c3ccc(C#N)cc3)ccc2NC1=O)NS(=O)(=O)c1ccc(C)cc1. The second kappa shape index (κ2) is 12.9. The zero-order valence-electron chi connectivity index (χ0n) is 24.0. The third kappa shape index (κ3) is 7.20. The summed E-state index contributed by atoms with van der Waals surface area (Å²) in [5, 5.41) is 16.6. The number of aryl methyl sites for hydroxylation is 1. The van der Waals surface area contributed by atoms with Crippen molar-refractivity contribution in [1.29, 1.82) is 5.26 Å². The third-order valence-corrected chi connectivity index (χ3v) is 8.04.